The van der Waals surface area contributed by atoms with Crippen LogP contribution in [0.3, 0.4) is 0 Å². The molecule has 100 valence electrons. The van der Waals surface area contributed by atoms with Crippen LogP contribution in [-0.4, -0.2) is 38.4 Å². The SMILES string of the molecule is CC1CNCCN1S(=O)(=O)c1cc(F)ccc1F. The Morgan fingerprint density at radius 1 is 1.39 bits per heavy atom. The second-order valence-electron chi connectivity index (χ2n) is 4.24. The zero-order valence-corrected chi connectivity index (χ0v) is 10.7. The summed E-state index contributed by atoms with van der Waals surface area (Å²) in [5.74, 6) is -1.69. The molecular weight excluding hydrogens is 262 g/mol. The van der Waals surface area contributed by atoms with Crippen molar-refractivity contribution in [3.8, 4) is 0 Å². The lowest BCUT2D eigenvalue weighted by atomic mass is 10.3. The summed E-state index contributed by atoms with van der Waals surface area (Å²) in [6.07, 6.45) is 0. The van der Waals surface area contributed by atoms with E-state index in [1.165, 1.54) is 4.31 Å². The number of benzene rings is 1. The predicted octanol–water partition coefficient (Wildman–Crippen LogP) is 0.947. The zero-order chi connectivity index (χ0) is 13.3. The first-order chi connectivity index (χ1) is 8.43. The van der Waals surface area contributed by atoms with E-state index in [0.717, 1.165) is 18.2 Å². The van der Waals surface area contributed by atoms with Gasteiger partial charge in [-0.1, -0.05) is 0 Å². The molecular formula is C11H14F2N2O2S. The van der Waals surface area contributed by atoms with Crippen molar-refractivity contribution in [2.24, 2.45) is 0 Å². The fourth-order valence-electron chi connectivity index (χ4n) is 1.98. The fourth-order valence-corrected chi connectivity index (χ4v) is 3.69. The highest BCUT2D eigenvalue weighted by Crippen LogP contribution is 2.22. The van der Waals surface area contributed by atoms with Crippen molar-refractivity contribution < 1.29 is 17.2 Å². The first-order valence-corrected chi connectivity index (χ1v) is 7.04. The van der Waals surface area contributed by atoms with Crippen molar-refractivity contribution in [2.45, 2.75) is 17.9 Å². The van der Waals surface area contributed by atoms with Gasteiger partial charge in [0, 0.05) is 25.7 Å². The monoisotopic (exact) mass is 276 g/mol. The summed E-state index contributed by atoms with van der Waals surface area (Å²) in [5.41, 5.74) is 0. The first-order valence-electron chi connectivity index (χ1n) is 5.60. The molecule has 1 aromatic rings. The molecule has 18 heavy (non-hydrogen) atoms. The second-order valence-corrected chi connectivity index (χ2v) is 6.10. The number of halogens is 2. The van der Waals surface area contributed by atoms with Crippen LogP contribution in [0, 0.1) is 11.6 Å². The number of piperazine rings is 1. The van der Waals surface area contributed by atoms with Crippen molar-refractivity contribution in [3.63, 3.8) is 0 Å². The number of nitrogens with zero attached hydrogens (tertiary/aromatic N) is 1. The summed E-state index contributed by atoms with van der Waals surface area (Å²) in [5, 5.41) is 3.04. The number of rotatable bonds is 2. The Morgan fingerprint density at radius 3 is 2.78 bits per heavy atom. The summed E-state index contributed by atoms with van der Waals surface area (Å²) < 4.78 is 52.4. The molecule has 0 bridgehead atoms. The molecule has 1 aromatic carbocycles. The minimum atomic E-state index is -3.99. The predicted molar refractivity (Wildman–Crippen MR) is 62.6 cm³/mol. The van der Waals surface area contributed by atoms with Gasteiger partial charge in [0.1, 0.15) is 16.5 Å². The Kier molecular flexibility index (Phi) is 3.65. The maximum Gasteiger partial charge on any atom is 0.246 e. The van der Waals surface area contributed by atoms with E-state index >= 15 is 0 Å². The van der Waals surface area contributed by atoms with Gasteiger partial charge in [-0.25, -0.2) is 17.2 Å². The summed E-state index contributed by atoms with van der Waals surface area (Å²) in [7, 11) is -3.99. The molecule has 2 rings (SSSR count). The van der Waals surface area contributed by atoms with E-state index in [9.17, 15) is 17.2 Å². The van der Waals surface area contributed by atoms with E-state index in [1.54, 1.807) is 6.92 Å². The van der Waals surface area contributed by atoms with Gasteiger partial charge in [-0.15, -0.1) is 0 Å². The Hall–Kier alpha value is -1.05. The summed E-state index contributed by atoms with van der Waals surface area (Å²) in [6, 6.07) is 2.16. The van der Waals surface area contributed by atoms with Crippen LogP contribution in [0.5, 0.6) is 0 Å². The van der Waals surface area contributed by atoms with Crippen LogP contribution >= 0.6 is 0 Å². The van der Waals surface area contributed by atoms with Crippen LogP contribution in [0.1, 0.15) is 6.92 Å². The highest BCUT2D eigenvalue weighted by Gasteiger charge is 2.33. The number of hydrogen-bond acceptors (Lipinski definition) is 3. The first kappa shape index (κ1) is 13.4. The Morgan fingerprint density at radius 2 is 2.11 bits per heavy atom. The maximum absolute atomic E-state index is 13.6. The van der Waals surface area contributed by atoms with E-state index in [4.69, 9.17) is 0 Å². The van der Waals surface area contributed by atoms with E-state index in [-0.39, 0.29) is 12.6 Å². The third-order valence-electron chi connectivity index (χ3n) is 2.92. The van der Waals surface area contributed by atoms with Crippen molar-refractivity contribution in [2.75, 3.05) is 19.6 Å². The van der Waals surface area contributed by atoms with Gasteiger partial charge in [0.25, 0.3) is 0 Å². The van der Waals surface area contributed by atoms with Gasteiger partial charge in [0.05, 0.1) is 0 Å². The molecule has 0 amide bonds. The van der Waals surface area contributed by atoms with Crippen LogP contribution in [0.15, 0.2) is 23.1 Å². The quantitative estimate of drug-likeness (QED) is 0.875. The van der Waals surface area contributed by atoms with Crippen molar-refractivity contribution in [1.82, 2.24) is 9.62 Å². The highest BCUT2D eigenvalue weighted by molar-refractivity contribution is 7.89. The molecule has 7 heteroatoms. The van der Waals surface area contributed by atoms with Crippen LogP contribution in [0.25, 0.3) is 0 Å². The molecule has 1 heterocycles. The molecule has 0 saturated carbocycles. The van der Waals surface area contributed by atoms with Gasteiger partial charge >= 0.3 is 0 Å². The smallest absolute Gasteiger partial charge is 0.246 e. The molecule has 0 radical (unpaired) electrons. The van der Waals surface area contributed by atoms with Gasteiger partial charge in [-0.05, 0) is 25.1 Å². The average Bonchev–Trinajstić information content (AvgIpc) is 2.32. The number of hydrogen-bond donors (Lipinski definition) is 1. The lowest BCUT2D eigenvalue weighted by molar-refractivity contribution is 0.282. The zero-order valence-electron chi connectivity index (χ0n) is 9.86. The number of nitrogens with one attached hydrogen (secondary N) is 1. The lowest BCUT2D eigenvalue weighted by Crippen LogP contribution is -2.52. The van der Waals surface area contributed by atoms with Gasteiger partial charge in [0.2, 0.25) is 10.0 Å². The Balaban J connectivity index is 2.44. The molecule has 1 saturated heterocycles. The van der Waals surface area contributed by atoms with E-state index < -0.39 is 26.6 Å². The molecule has 1 aliphatic heterocycles. The topological polar surface area (TPSA) is 49.4 Å². The molecule has 1 aliphatic rings. The van der Waals surface area contributed by atoms with Crippen molar-refractivity contribution in [1.29, 1.82) is 0 Å². The molecule has 0 aromatic heterocycles. The Bertz CT molecular complexity index is 548. The van der Waals surface area contributed by atoms with Crippen LogP contribution in [-0.2, 0) is 10.0 Å². The van der Waals surface area contributed by atoms with Crippen LogP contribution in [0.4, 0.5) is 8.78 Å². The molecule has 0 aliphatic carbocycles. The summed E-state index contributed by atoms with van der Waals surface area (Å²) in [4.78, 5) is -0.601. The van der Waals surface area contributed by atoms with E-state index in [0.29, 0.717) is 13.1 Å². The maximum atomic E-state index is 13.6. The number of sulfonamides is 1. The third-order valence-corrected chi connectivity index (χ3v) is 4.95. The van der Waals surface area contributed by atoms with E-state index in [1.807, 2.05) is 0 Å². The largest absolute Gasteiger partial charge is 0.314 e. The average molecular weight is 276 g/mol. The molecule has 0 spiro atoms. The fraction of sp³-hybridized carbons (Fsp3) is 0.455. The van der Waals surface area contributed by atoms with Gasteiger partial charge in [-0.2, -0.15) is 4.31 Å². The van der Waals surface area contributed by atoms with Gasteiger partial charge in [-0.3, -0.25) is 0 Å². The molecule has 1 N–H and O–H groups in total. The van der Waals surface area contributed by atoms with Crippen molar-refractivity contribution >= 4 is 10.0 Å². The standard InChI is InChI=1S/C11H14F2N2O2S/c1-8-7-14-4-5-15(8)18(16,17)11-6-9(12)2-3-10(11)13/h2-3,6,8,14H,4-5,7H2,1H3. The normalized spacial score (nSPS) is 22.1. The Labute approximate surface area is 105 Å². The van der Waals surface area contributed by atoms with E-state index in [2.05, 4.69) is 5.32 Å². The van der Waals surface area contributed by atoms with Gasteiger partial charge < -0.3 is 5.32 Å². The lowest BCUT2D eigenvalue weighted by Gasteiger charge is -2.32. The third kappa shape index (κ3) is 2.38. The second kappa shape index (κ2) is 4.91. The van der Waals surface area contributed by atoms with Crippen molar-refractivity contribution in [3.05, 3.63) is 29.8 Å². The molecule has 1 unspecified atom stereocenters. The van der Waals surface area contributed by atoms with Crippen LogP contribution < -0.4 is 5.32 Å². The highest BCUT2D eigenvalue weighted by atomic mass is 32.2. The molecule has 1 atom stereocenters. The summed E-state index contributed by atoms with van der Waals surface area (Å²) in [6.45, 7) is 2.97. The van der Waals surface area contributed by atoms with Crippen LogP contribution in [0.2, 0.25) is 0 Å². The molecule has 1 fully saturated rings. The van der Waals surface area contributed by atoms with Gasteiger partial charge in [0.15, 0.2) is 0 Å². The summed E-state index contributed by atoms with van der Waals surface area (Å²) >= 11 is 0. The minimum absolute atomic E-state index is 0.249. The molecule has 4 nitrogen and oxygen atoms in total. The minimum Gasteiger partial charge on any atom is -0.314 e.